The second-order valence-corrected chi connectivity index (χ2v) is 6.38. The van der Waals surface area contributed by atoms with E-state index in [1.807, 2.05) is 26.8 Å². The van der Waals surface area contributed by atoms with Gasteiger partial charge in [-0.1, -0.05) is 24.6 Å². The highest BCUT2D eigenvalue weighted by atomic mass is 32.1. The first-order chi connectivity index (χ1) is 9.51. The van der Waals surface area contributed by atoms with E-state index in [1.165, 1.54) is 4.88 Å². The summed E-state index contributed by atoms with van der Waals surface area (Å²) in [5, 5.41) is 4.43. The summed E-state index contributed by atoms with van der Waals surface area (Å²) in [6, 6.07) is 5.26. The third kappa shape index (κ3) is 3.44. The first kappa shape index (κ1) is 15.1. The Labute approximate surface area is 124 Å². The molecule has 1 heterocycles. The Morgan fingerprint density at radius 3 is 2.65 bits per heavy atom. The van der Waals surface area contributed by atoms with Gasteiger partial charge in [-0.3, -0.25) is 0 Å². The lowest BCUT2D eigenvalue weighted by atomic mass is 10.0. The van der Waals surface area contributed by atoms with Crippen molar-refractivity contribution in [2.24, 2.45) is 0 Å². The monoisotopic (exact) mass is 292 g/mol. The average Bonchev–Trinajstić information content (AvgIpc) is 2.71. The number of hydrogen-bond donors (Lipinski definition) is 1. The van der Waals surface area contributed by atoms with E-state index >= 15 is 0 Å². The normalized spacial score (nSPS) is 12.7. The van der Waals surface area contributed by atoms with Crippen LogP contribution in [0.5, 0.6) is 0 Å². The summed E-state index contributed by atoms with van der Waals surface area (Å²) in [6.45, 7) is 8.93. The van der Waals surface area contributed by atoms with Crippen LogP contribution in [0, 0.1) is 26.6 Å². The van der Waals surface area contributed by atoms with Crippen LogP contribution in [0.4, 0.5) is 4.39 Å². The molecule has 0 saturated carbocycles. The Bertz CT molecular complexity index is 573. The Morgan fingerprint density at radius 1 is 1.30 bits per heavy atom. The maximum absolute atomic E-state index is 14.1. The highest BCUT2D eigenvalue weighted by Gasteiger charge is 2.17. The third-order valence-electron chi connectivity index (χ3n) is 3.43. The fourth-order valence-electron chi connectivity index (χ4n) is 2.27. The molecule has 2 rings (SSSR count). The van der Waals surface area contributed by atoms with Crippen LogP contribution >= 0.6 is 11.3 Å². The molecular weight excluding hydrogens is 271 g/mol. The molecule has 1 aromatic carbocycles. The maximum Gasteiger partial charge on any atom is 0.128 e. The van der Waals surface area contributed by atoms with E-state index in [1.54, 1.807) is 23.5 Å². The van der Waals surface area contributed by atoms with E-state index in [0.29, 0.717) is 0 Å². The van der Waals surface area contributed by atoms with Gasteiger partial charge in [0, 0.05) is 22.9 Å². The summed E-state index contributed by atoms with van der Waals surface area (Å²) < 4.78 is 14.1. The zero-order valence-corrected chi connectivity index (χ0v) is 13.3. The molecule has 0 amide bonds. The SMILES string of the molecule is CCNC(Cc1nc(C)c(C)s1)c1cc(C)ccc1F. The second-order valence-electron chi connectivity index (χ2n) is 5.09. The number of nitrogens with zero attached hydrogens (tertiary/aromatic N) is 1. The molecule has 1 unspecified atom stereocenters. The van der Waals surface area contributed by atoms with E-state index in [9.17, 15) is 4.39 Å². The predicted octanol–water partition coefficient (Wildman–Crippen LogP) is 4.10. The van der Waals surface area contributed by atoms with E-state index in [-0.39, 0.29) is 11.9 Å². The molecule has 1 atom stereocenters. The first-order valence-corrected chi connectivity index (χ1v) is 7.75. The zero-order chi connectivity index (χ0) is 14.7. The number of aromatic nitrogens is 1. The van der Waals surface area contributed by atoms with Gasteiger partial charge in [0.2, 0.25) is 0 Å². The number of hydrogen-bond acceptors (Lipinski definition) is 3. The lowest BCUT2D eigenvalue weighted by Gasteiger charge is -2.18. The van der Waals surface area contributed by atoms with Crippen molar-refractivity contribution in [2.45, 2.75) is 40.2 Å². The molecule has 0 radical (unpaired) electrons. The highest BCUT2D eigenvalue weighted by Crippen LogP contribution is 2.25. The molecule has 4 heteroatoms. The average molecular weight is 292 g/mol. The highest BCUT2D eigenvalue weighted by molar-refractivity contribution is 7.11. The van der Waals surface area contributed by atoms with Gasteiger partial charge in [0.1, 0.15) is 5.82 Å². The van der Waals surface area contributed by atoms with Crippen molar-refractivity contribution < 1.29 is 4.39 Å². The number of halogens is 1. The minimum atomic E-state index is -0.147. The van der Waals surface area contributed by atoms with Gasteiger partial charge in [0.05, 0.1) is 10.7 Å². The number of nitrogens with one attached hydrogen (secondary N) is 1. The molecule has 108 valence electrons. The molecule has 2 aromatic rings. The van der Waals surface area contributed by atoms with Crippen LogP contribution in [0.2, 0.25) is 0 Å². The van der Waals surface area contributed by atoms with E-state index in [4.69, 9.17) is 0 Å². The fraction of sp³-hybridized carbons (Fsp3) is 0.438. The van der Waals surface area contributed by atoms with Crippen LogP contribution in [0.3, 0.4) is 0 Å². The molecule has 0 spiro atoms. The van der Waals surface area contributed by atoms with Crippen molar-refractivity contribution in [3.63, 3.8) is 0 Å². The number of aryl methyl sites for hydroxylation is 3. The number of likely N-dealkylation sites (N-methyl/N-ethyl adjacent to an activating group) is 1. The lowest BCUT2D eigenvalue weighted by molar-refractivity contribution is 0.508. The van der Waals surface area contributed by atoms with Crippen LogP contribution in [0.25, 0.3) is 0 Å². The summed E-state index contributed by atoms with van der Waals surface area (Å²) in [5.74, 6) is -0.147. The number of thiazole rings is 1. The van der Waals surface area contributed by atoms with Gasteiger partial charge in [0.25, 0.3) is 0 Å². The van der Waals surface area contributed by atoms with Gasteiger partial charge >= 0.3 is 0 Å². The molecule has 0 aliphatic carbocycles. The molecule has 0 saturated heterocycles. The lowest BCUT2D eigenvalue weighted by Crippen LogP contribution is -2.24. The van der Waals surface area contributed by atoms with Crippen LogP contribution in [-0.4, -0.2) is 11.5 Å². The summed E-state index contributed by atoms with van der Waals surface area (Å²) >= 11 is 1.70. The largest absolute Gasteiger partial charge is 0.310 e. The topological polar surface area (TPSA) is 24.9 Å². The predicted molar refractivity (Wildman–Crippen MR) is 82.8 cm³/mol. The summed E-state index contributed by atoms with van der Waals surface area (Å²) in [5.41, 5.74) is 2.89. The molecule has 1 aromatic heterocycles. The molecule has 2 nitrogen and oxygen atoms in total. The number of rotatable bonds is 5. The van der Waals surface area contributed by atoms with Crippen molar-refractivity contribution in [3.05, 3.63) is 50.7 Å². The van der Waals surface area contributed by atoms with Crippen molar-refractivity contribution in [1.82, 2.24) is 10.3 Å². The van der Waals surface area contributed by atoms with Crippen molar-refractivity contribution in [3.8, 4) is 0 Å². The Morgan fingerprint density at radius 2 is 2.05 bits per heavy atom. The Hall–Kier alpha value is -1.26. The molecule has 0 aliphatic rings. The smallest absolute Gasteiger partial charge is 0.128 e. The minimum Gasteiger partial charge on any atom is -0.310 e. The van der Waals surface area contributed by atoms with Gasteiger partial charge in [0.15, 0.2) is 0 Å². The summed E-state index contributed by atoms with van der Waals surface area (Å²) in [6.07, 6.45) is 0.730. The van der Waals surface area contributed by atoms with Gasteiger partial charge in [-0.15, -0.1) is 11.3 Å². The van der Waals surface area contributed by atoms with Crippen LogP contribution in [-0.2, 0) is 6.42 Å². The zero-order valence-electron chi connectivity index (χ0n) is 12.5. The second kappa shape index (κ2) is 6.46. The maximum atomic E-state index is 14.1. The molecule has 0 aliphatic heterocycles. The van der Waals surface area contributed by atoms with Gasteiger partial charge in [-0.05, 0) is 33.4 Å². The Balaban J connectivity index is 2.28. The quantitative estimate of drug-likeness (QED) is 0.897. The first-order valence-electron chi connectivity index (χ1n) is 6.93. The van der Waals surface area contributed by atoms with E-state index in [0.717, 1.165) is 34.8 Å². The van der Waals surface area contributed by atoms with Gasteiger partial charge in [-0.2, -0.15) is 0 Å². The van der Waals surface area contributed by atoms with Crippen molar-refractivity contribution in [1.29, 1.82) is 0 Å². The molecule has 1 N–H and O–H groups in total. The van der Waals surface area contributed by atoms with E-state index in [2.05, 4.69) is 17.2 Å². The fourth-order valence-corrected chi connectivity index (χ4v) is 3.25. The third-order valence-corrected chi connectivity index (χ3v) is 4.52. The summed E-state index contributed by atoms with van der Waals surface area (Å²) in [7, 11) is 0. The molecule has 0 fully saturated rings. The minimum absolute atomic E-state index is 0.0233. The van der Waals surface area contributed by atoms with Gasteiger partial charge < -0.3 is 5.32 Å². The number of benzene rings is 1. The molecular formula is C16H21FN2S. The van der Waals surface area contributed by atoms with Crippen LogP contribution < -0.4 is 5.32 Å². The Kier molecular flexibility index (Phi) is 4.89. The standard InChI is InChI=1S/C16H21FN2S/c1-5-18-15(9-16-19-11(3)12(4)20-16)13-8-10(2)6-7-14(13)17/h6-8,15,18H,5,9H2,1-4H3. The van der Waals surface area contributed by atoms with E-state index < -0.39 is 0 Å². The molecule has 20 heavy (non-hydrogen) atoms. The molecule has 0 bridgehead atoms. The van der Waals surface area contributed by atoms with Gasteiger partial charge in [-0.25, -0.2) is 9.37 Å². The van der Waals surface area contributed by atoms with Crippen molar-refractivity contribution in [2.75, 3.05) is 6.54 Å². The summed E-state index contributed by atoms with van der Waals surface area (Å²) in [4.78, 5) is 5.80. The van der Waals surface area contributed by atoms with Crippen LogP contribution in [0.15, 0.2) is 18.2 Å². The van der Waals surface area contributed by atoms with Crippen LogP contribution in [0.1, 0.15) is 39.7 Å². The van der Waals surface area contributed by atoms with Crippen molar-refractivity contribution >= 4 is 11.3 Å².